The fourth-order valence-corrected chi connectivity index (χ4v) is 3.44. The molecule has 0 aliphatic heterocycles. The number of rotatable bonds is 6. The predicted molar refractivity (Wildman–Crippen MR) is 126 cm³/mol. The number of hydrogen-bond donors (Lipinski definition) is 2. The van der Waals surface area contributed by atoms with Gasteiger partial charge in [0.25, 0.3) is 5.91 Å². The van der Waals surface area contributed by atoms with Crippen LogP contribution in [-0.2, 0) is 6.61 Å². The predicted octanol–water partition coefficient (Wildman–Crippen LogP) is 6.03. The number of ether oxygens (including phenoxy) is 1. The van der Waals surface area contributed by atoms with Crippen LogP contribution < -0.4 is 10.1 Å². The first-order valence-corrected chi connectivity index (χ1v) is 10.4. The summed E-state index contributed by atoms with van der Waals surface area (Å²) >= 11 is 0. The second-order valence-corrected chi connectivity index (χ2v) is 7.47. The largest absolute Gasteiger partial charge is 0.507 e. The van der Waals surface area contributed by atoms with Crippen molar-refractivity contribution in [1.29, 1.82) is 0 Å². The molecule has 0 atom stereocenters. The van der Waals surface area contributed by atoms with Crippen LogP contribution in [0.3, 0.4) is 0 Å². The summed E-state index contributed by atoms with van der Waals surface area (Å²) in [5.41, 5.74) is 3.71. The van der Waals surface area contributed by atoms with Crippen LogP contribution in [0.4, 0.5) is 5.69 Å². The number of benzene rings is 4. The molecule has 162 valence electrons. The highest BCUT2D eigenvalue weighted by Gasteiger charge is 2.15. The second-order valence-electron chi connectivity index (χ2n) is 7.47. The Hall–Kier alpha value is -4.58. The molecule has 5 aromatic rings. The van der Waals surface area contributed by atoms with Crippen LogP contribution in [-0.4, -0.2) is 16.0 Å². The van der Waals surface area contributed by atoms with Crippen molar-refractivity contribution < 1.29 is 19.1 Å². The van der Waals surface area contributed by atoms with Gasteiger partial charge < -0.3 is 19.6 Å². The number of nitrogens with zero attached hydrogens (tertiary/aromatic N) is 1. The van der Waals surface area contributed by atoms with Gasteiger partial charge in [0.1, 0.15) is 23.6 Å². The average Bonchev–Trinajstić information content (AvgIpc) is 3.29. The Morgan fingerprint density at radius 3 is 2.58 bits per heavy atom. The molecule has 1 aromatic heterocycles. The SMILES string of the molecule is O=C(Nc1ccc(O)c(-c2nc3ccccc3o2)c1)c1cccc(OCc2ccccc2)c1. The van der Waals surface area contributed by atoms with Crippen LogP contribution in [0.5, 0.6) is 11.5 Å². The highest BCUT2D eigenvalue weighted by Crippen LogP contribution is 2.33. The summed E-state index contributed by atoms with van der Waals surface area (Å²) in [7, 11) is 0. The Balaban J connectivity index is 1.33. The molecule has 6 nitrogen and oxygen atoms in total. The first kappa shape index (κ1) is 20.3. The summed E-state index contributed by atoms with van der Waals surface area (Å²) in [6.07, 6.45) is 0. The van der Waals surface area contributed by atoms with Crippen LogP contribution in [0.1, 0.15) is 15.9 Å². The number of para-hydroxylation sites is 2. The van der Waals surface area contributed by atoms with Crippen molar-refractivity contribution in [2.45, 2.75) is 6.61 Å². The maximum atomic E-state index is 12.8. The van der Waals surface area contributed by atoms with E-state index in [-0.39, 0.29) is 17.5 Å². The molecule has 0 fully saturated rings. The Kier molecular flexibility index (Phi) is 5.47. The van der Waals surface area contributed by atoms with E-state index in [0.29, 0.717) is 40.3 Å². The lowest BCUT2D eigenvalue weighted by molar-refractivity contribution is 0.102. The third-order valence-corrected chi connectivity index (χ3v) is 5.12. The maximum Gasteiger partial charge on any atom is 0.255 e. The summed E-state index contributed by atoms with van der Waals surface area (Å²) in [6, 6.07) is 28.9. The summed E-state index contributed by atoms with van der Waals surface area (Å²) in [4.78, 5) is 17.3. The number of carbonyl (C=O) groups is 1. The third kappa shape index (κ3) is 4.55. The molecule has 0 unspecified atom stereocenters. The molecule has 0 saturated carbocycles. The molecule has 5 rings (SSSR count). The Morgan fingerprint density at radius 2 is 1.73 bits per heavy atom. The number of fused-ring (bicyclic) bond motifs is 1. The van der Waals surface area contributed by atoms with Gasteiger partial charge in [-0.25, -0.2) is 4.98 Å². The molecule has 2 N–H and O–H groups in total. The number of aromatic hydroxyl groups is 1. The minimum Gasteiger partial charge on any atom is -0.507 e. The van der Waals surface area contributed by atoms with E-state index in [9.17, 15) is 9.90 Å². The number of aromatic nitrogens is 1. The third-order valence-electron chi connectivity index (χ3n) is 5.12. The van der Waals surface area contributed by atoms with Gasteiger partial charge in [0.2, 0.25) is 5.89 Å². The van der Waals surface area contributed by atoms with Crippen molar-refractivity contribution in [3.63, 3.8) is 0 Å². The average molecular weight is 436 g/mol. The zero-order chi connectivity index (χ0) is 22.6. The number of phenolic OH excluding ortho intramolecular Hbond substituents is 1. The number of anilines is 1. The fraction of sp³-hybridized carbons (Fsp3) is 0.0370. The van der Waals surface area contributed by atoms with Gasteiger partial charge in [-0.15, -0.1) is 0 Å². The van der Waals surface area contributed by atoms with Gasteiger partial charge in [0.15, 0.2) is 5.58 Å². The topological polar surface area (TPSA) is 84.6 Å². The minimum atomic E-state index is -0.297. The van der Waals surface area contributed by atoms with Crippen LogP contribution in [0.2, 0.25) is 0 Å². The molecule has 1 amide bonds. The van der Waals surface area contributed by atoms with Crippen molar-refractivity contribution in [1.82, 2.24) is 4.98 Å². The number of amides is 1. The van der Waals surface area contributed by atoms with E-state index in [4.69, 9.17) is 9.15 Å². The number of oxazole rings is 1. The molecule has 4 aromatic carbocycles. The molecular formula is C27H20N2O4. The summed E-state index contributed by atoms with van der Waals surface area (Å²) < 4.78 is 11.6. The van der Waals surface area contributed by atoms with E-state index in [1.54, 1.807) is 36.4 Å². The minimum absolute atomic E-state index is 0.0101. The zero-order valence-electron chi connectivity index (χ0n) is 17.6. The van der Waals surface area contributed by atoms with Crippen molar-refractivity contribution in [2.24, 2.45) is 0 Å². The van der Waals surface area contributed by atoms with Gasteiger partial charge in [0, 0.05) is 11.3 Å². The quantitative estimate of drug-likeness (QED) is 0.317. The first-order valence-electron chi connectivity index (χ1n) is 10.4. The van der Waals surface area contributed by atoms with E-state index in [1.807, 2.05) is 54.6 Å². The van der Waals surface area contributed by atoms with Gasteiger partial charge in [-0.1, -0.05) is 48.5 Å². The van der Waals surface area contributed by atoms with Crippen LogP contribution in [0, 0.1) is 0 Å². The van der Waals surface area contributed by atoms with Gasteiger partial charge in [-0.05, 0) is 54.1 Å². The number of hydrogen-bond acceptors (Lipinski definition) is 5. The van der Waals surface area contributed by atoms with Gasteiger partial charge >= 0.3 is 0 Å². The summed E-state index contributed by atoms with van der Waals surface area (Å²) in [5, 5.41) is 13.2. The van der Waals surface area contributed by atoms with Gasteiger partial charge in [-0.3, -0.25) is 4.79 Å². The molecule has 33 heavy (non-hydrogen) atoms. The molecule has 0 saturated heterocycles. The summed E-state index contributed by atoms with van der Waals surface area (Å²) in [6.45, 7) is 0.414. The van der Waals surface area contributed by atoms with Crippen molar-refractivity contribution in [2.75, 3.05) is 5.32 Å². The lowest BCUT2D eigenvalue weighted by atomic mass is 10.1. The Bertz CT molecular complexity index is 1390. The summed E-state index contributed by atoms with van der Waals surface area (Å²) in [5.74, 6) is 0.593. The van der Waals surface area contributed by atoms with Crippen molar-refractivity contribution in [3.8, 4) is 23.0 Å². The molecule has 0 aliphatic rings. The van der Waals surface area contributed by atoms with Crippen LogP contribution in [0.25, 0.3) is 22.6 Å². The molecule has 6 heteroatoms. The Morgan fingerprint density at radius 1 is 0.909 bits per heavy atom. The van der Waals surface area contributed by atoms with Gasteiger partial charge in [-0.2, -0.15) is 0 Å². The fourth-order valence-electron chi connectivity index (χ4n) is 3.44. The zero-order valence-corrected chi connectivity index (χ0v) is 17.6. The van der Waals surface area contributed by atoms with Crippen molar-refractivity contribution >= 4 is 22.7 Å². The van der Waals surface area contributed by atoms with E-state index < -0.39 is 0 Å². The molecule has 0 spiro atoms. The lowest BCUT2D eigenvalue weighted by Gasteiger charge is -2.10. The molecule has 0 radical (unpaired) electrons. The van der Waals surface area contributed by atoms with Crippen LogP contribution >= 0.6 is 0 Å². The maximum absolute atomic E-state index is 12.8. The normalized spacial score (nSPS) is 10.8. The number of nitrogens with one attached hydrogen (secondary N) is 1. The van der Waals surface area contributed by atoms with E-state index in [1.165, 1.54) is 6.07 Å². The Labute approximate surface area is 190 Å². The number of phenols is 1. The number of carbonyl (C=O) groups excluding carboxylic acids is 1. The van der Waals surface area contributed by atoms with Crippen LogP contribution in [0.15, 0.2) is 101 Å². The van der Waals surface area contributed by atoms with E-state index in [2.05, 4.69) is 10.3 Å². The molecule has 0 bridgehead atoms. The van der Waals surface area contributed by atoms with Crippen molar-refractivity contribution in [3.05, 3.63) is 108 Å². The molecule has 1 heterocycles. The molecule has 0 aliphatic carbocycles. The highest BCUT2D eigenvalue weighted by molar-refractivity contribution is 6.04. The first-order chi connectivity index (χ1) is 16.2. The van der Waals surface area contributed by atoms with E-state index >= 15 is 0 Å². The standard InChI is InChI=1S/C27H20N2O4/c30-24-14-13-20(16-22(24)27-29-23-11-4-5-12-25(23)33-27)28-26(31)19-9-6-10-21(15-19)32-17-18-7-2-1-3-8-18/h1-16,30H,17H2,(H,28,31). The molecular weight excluding hydrogens is 416 g/mol. The smallest absolute Gasteiger partial charge is 0.255 e. The highest BCUT2D eigenvalue weighted by atomic mass is 16.5. The monoisotopic (exact) mass is 436 g/mol. The van der Waals surface area contributed by atoms with E-state index in [0.717, 1.165) is 5.56 Å². The van der Waals surface area contributed by atoms with Gasteiger partial charge in [0.05, 0.1) is 5.56 Å². The lowest BCUT2D eigenvalue weighted by Crippen LogP contribution is -2.12. The second kappa shape index (κ2) is 8.88.